The number of pyridine rings is 1. The van der Waals surface area contributed by atoms with E-state index in [0.717, 1.165) is 0 Å². The number of nitrogens with zero attached hydrogens (tertiary/aromatic N) is 3. The van der Waals surface area contributed by atoms with Crippen LogP contribution in [0.4, 0.5) is 11.4 Å². The first-order valence-electron chi connectivity index (χ1n) is 6.30. The van der Waals surface area contributed by atoms with Gasteiger partial charge < -0.3 is 22.5 Å². The first-order chi connectivity index (χ1) is 10.5. The first-order valence-corrected chi connectivity index (χ1v) is 6.30. The van der Waals surface area contributed by atoms with Crippen LogP contribution in [-0.2, 0) is 0 Å². The normalized spacial score (nSPS) is 10.8. The van der Waals surface area contributed by atoms with Crippen LogP contribution in [0.15, 0.2) is 58.8 Å². The van der Waals surface area contributed by atoms with Gasteiger partial charge in [0.1, 0.15) is 0 Å². The molecule has 2 aromatic rings. The third-order valence-corrected chi connectivity index (χ3v) is 2.52. The molecular weight excluding hydrogens is 282 g/mol. The predicted octanol–water partition coefficient (Wildman–Crippen LogP) is 0.554. The van der Waals surface area contributed by atoms with E-state index in [1.807, 2.05) is 0 Å². The van der Waals surface area contributed by atoms with Crippen LogP contribution in [0, 0.1) is 0 Å². The van der Waals surface area contributed by atoms with Crippen LogP contribution < -0.4 is 22.5 Å². The molecule has 1 aromatic heterocycles. The number of carbonyl (C=O) groups excluding carboxylic acids is 1. The summed E-state index contributed by atoms with van der Waals surface area (Å²) in [7, 11) is 0. The highest BCUT2D eigenvalue weighted by atomic mass is 16.1. The molecule has 7 N–H and O–H groups in total. The Balaban J connectivity index is 2.18. The lowest BCUT2D eigenvalue weighted by Gasteiger charge is -2.05. The molecule has 0 aliphatic heterocycles. The summed E-state index contributed by atoms with van der Waals surface area (Å²) in [6.07, 6.45) is 3.17. The number of anilines is 1. The third-order valence-electron chi connectivity index (χ3n) is 2.52. The van der Waals surface area contributed by atoms with Crippen molar-refractivity contribution in [3.63, 3.8) is 0 Å². The number of rotatable bonds is 3. The molecule has 0 unspecified atom stereocenters. The van der Waals surface area contributed by atoms with E-state index < -0.39 is 0 Å². The van der Waals surface area contributed by atoms with E-state index in [1.165, 1.54) is 0 Å². The number of guanidine groups is 2. The Morgan fingerprint density at radius 1 is 1.14 bits per heavy atom. The second kappa shape index (κ2) is 6.84. The van der Waals surface area contributed by atoms with Gasteiger partial charge in [-0.15, -0.1) is 0 Å². The fourth-order valence-corrected chi connectivity index (χ4v) is 1.65. The van der Waals surface area contributed by atoms with Crippen molar-refractivity contribution >= 4 is 29.2 Å². The summed E-state index contributed by atoms with van der Waals surface area (Å²) in [5.41, 5.74) is 17.4. The van der Waals surface area contributed by atoms with Crippen molar-refractivity contribution in [3.8, 4) is 0 Å². The van der Waals surface area contributed by atoms with Crippen LogP contribution in [0.2, 0.25) is 0 Å². The van der Waals surface area contributed by atoms with E-state index in [2.05, 4.69) is 20.3 Å². The number of nitrogens with two attached hydrogens (primary N) is 3. The third kappa shape index (κ3) is 4.30. The number of aliphatic imine (C=N–C) groups is 2. The lowest BCUT2D eigenvalue weighted by Crippen LogP contribution is -2.26. The maximum absolute atomic E-state index is 12.1. The number of hydrogen-bond donors (Lipinski definition) is 4. The van der Waals surface area contributed by atoms with Gasteiger partial charge in [0.15, 0.2) is 5.96 Å². The van der Waals surface area contributed by atoms with Crippen molar-refractivity contribution in [1.82, 2.24) is 4.98 Å². The summed E-state index contributed by atoms with van der Waals surface area (Å²) in [6.45, 7) is 0. The van der Waals surface area contributed by atoms with Gasteiger partial charge in [0, 0.05) is 11.8 Å². The minimum absolute atomic E-state index is 0.0928. The van der Waals surface area contributed by atoms with Gasteiger partial charge in [0.2, 0.25) is 5.96 Å². The quantitative estimate of drug-likeness (QED) is 0.483. The Morgan fingerprint density at radius 3 is 2.64 bits per heavy atom. The maximum Gasteiger partial charge on any atom is 0.255 e. The van der Waals surface area contributed by atoms with Gasteiger partial charge in [-0.1, -0.05) is 6.07 Å². The van der Waals surface area contributed by atoms with Crippen molar-refractivity contribution in [2.45, 2.75) is 0 Å². The smallest absolute Gasteiger partial charge is 0.255 e. The maximum atomic E-state index is 12.1. The topological polar surface area (TPSA) is 145 Å². The minimum atomic E-state index is -0.287. The van der Waals surface area contributed by atoms with E-state index in [0.29, 0.717) is 16.9 Å². The molecule has 1 aromatic carbocycles. The molecule has 0 radical (unpaired) electrons. The molecule has 0 bridgehead atoms. The van der Waals surface area contributed by atoms with Crippen molar-refractivity contribution in [1.29, 1.82) is 0 Å². The summed E-state index contributed by atoms with van der Waals surface area (Å²) in [6, 6.07) is 10.0. The number of benzene rings is 1. The number of nitrogens with one attached hydrogen (secondary N) is 1. The highest BCUT2D eigenvalue weighted by Crippen LogP contribution is 2.15. The van der Waals surface area contributed by atoms with Crippen molar-refractivity contribution in [2.24, 2.45) is 27.2 Å². The number of aromatic nitrogens is 1. The Hall–Kier alpha value is -3.42. The standard InChI is InChI=1S/C14H15N7O/c15-13(16)21-14(17)20-10-4-1-3-9(7-10)12(22)19-11-5-2-6-18-8-11/h1-8H,(H,19,22)(H6,15,16,17,20,21). The summed E-state index contributed by atoms with van der Waals surface area (Å²) >= 11 is 0. The van der Waals surface area contributed by atoms with Crippen LogP contribution in [-0.4, -0.2) is 22.8 Å². The molecule has 112 valence electrons. The fraction of sp³-hybridized carbons (Fsp3) is 0. The largest absolute Gasteiger partial charge is 0.370 e. The summed E-state index contributed by atoms with van der Waals surface area (Å²) in [4.78, 5) is 23.7. The minimum Gasteiger partial charge on any atom is -0.370 e. The van der Waals surface area contributed by atoms with E-state index in [-0.39, 0.29) is 17.8 Å². The van der Waals surface area contributed by atoms with Crippen molar-refractivity contribution in [3.05, 3.63) is 54.4 Å². The van der Waals surface area contributed by atoms with Gasteiger partial charge in [-0.25, -0.2) is 4.99 Å². The number of hydrogen-bond acceptors (Lipinski definition) is 3. The monoisotopic (exact) mass is 297 g/mol. The predicted molar refractivity (Wildman–Crippen MR) is 85.7 cm³/mol. The summed E-state index contributed by atoms with van der Waals surface area (Å²) in [5.74, 6) is -0.568. The van der Waals surface area contributed by atoms with E-state index in [1.54, 1.807) is 48.8 Å². The van der Waals surface area contributed by atoms with Crippen LogP contribution >= 0.6 is 0 Å². The van der Waals surface area contributed by atoms with Gasteiger partial charge >= 0.3 is 0 Å². The summed E-state index contributed by atoms with van der Waals surface area (Å²) in [5, 5.41) is 2.72. The fourth-order valence-electron chi connectivity index (χ4n) is 1.65. The van der Waals surface area contributed by atoms with Crippen LogP contribution in [0.3, 0.4) is 0 Å². The van der Waals surface area contributed by atoms with Gasteiger partial charge in [-0.2, -0.15) is 4.99 Å². The molecule has 0 fully saturated rings. The second-order valence-electron chi connectivity index (χ2n) is 4.25. The first kappa shape index (κ1) is 15.0. The van der Waals surface area contributed by atoms with Crippen molar-refractivity contribution in [2.75, 3.05) is 5.32 Å². The molecule has 2 rings (SSSR count). The SMILES string of the molecule is NC(N)=NC(N)=Nc1cccc(C(=O)Nc2cccnc2)c1. The highest BCUT2D eigenvalue weighted by Gasteiger charge is 2.06. The van der Waals surface area contributed by atoms with Gasteiger partial charge in [0.05, 0.1) is 17.6 Å². The molecule has 0 atom stereocenters. The van der Waals surface area contributed by atoms with Gasteiger partial charge in [0.25, 0.3) is 5.91 Å². The van der Waals surface area contributed by atoms with Gasteiger partial charge in [-0.05, 0) is 30.3 Å². The zero-order valence-corrected chi connectivity index (χ0v) is 11.6. The zero-order valence-electron chi connectivity index (χ0n) is 11.6. The highest BCUT2D eigenvalue weighted by molar-refractivity contribution is 6.04. The van der Waals surface area contributed by atoms with Crippen LogP contribution in [0.1, 0.15) is 10.4 Å². The summed E-state index contributed by atoms with van der Waals surface area (Å²) < 4.78 is 0. The number of amides is 1. The average molecular weight is 297 g/mol. The zero-order chi connectivity index (χ0) is 15.9. The average Bonchev–Trinajstić information content (AvgIpc) is 2.47. The molecule has 0 saturated carbocycles. The molecule has 1 amide bonds. The van der Waals surface area contributed by atoms with Gasteiger partial charge in [-0.3, -0.25) is 9.78 Å². The Morgan fingerprint density at radius 2 is 1.95 bits per heavy atom. The second-order valence-corrected chi connectivity index (χ2v) is 4.25. The van der Waals surface area contributed by atoms with E-state index >= 15 is 0 Å². The van der Waals surface area contributed by atoms with Crippen LogP contribution in [0.25, 0.3) is 0 Å². The Labute approximate surface area is 126 Å². The lowest BCUT2D eigenvalue weighted by molar-refractivity contribution is 0.102. The Bertz CT molecular complexity index is 721. The molecule has 1 heterocycles. The molecular formula is C14H15N7O. The Kier molecular flexibility index (Phi) is 4.66. The number of carbonyl (C=O) groups is 1. The molecule has 0 spiro atoms. The molecule has 0 saturated heterocycles. The molecule has 22 heavy (non-hydrogen) atoms. The van der Waals surface area contributed by atoms with E-state index in [9.17, 15) is 4.79 Å². The van der Waals surface area contributed by atoms with Crippen LogP contribution in [0.5, 0.6) is 0 Å². The molecule has 0 aliphatic rings. The van der Waals surface area contributed by atoms with Crippen molar-refractivity contribution < 1.29 is 4.79 Å². The lowest BCUT2D eigenvalue weighted by atomic mass is 10.2. The molecule has 8 nitrogen and oxygen atoms in total. The molecule has 8 heteroatoms. The van der Waals surface area contributed by atoms with E-state index in [4.69, 9.17) is 17.2 Å². The molecule has 0 aliphatic carbocycles.